The largest absolute Gasteiger partial charge is 0.508 e. The lowest BCUT2D eigenvalue weighted by molar-refractivity contribution is -0.147. The van der Waals surface area contributed by atoms with Crippen LogP contribution >= 0.6 is 15.9 Å². The molecular weight excluding hydrogens is 604 g/mol. The molecule has 0 saturated heterocycles. The molecule has 0 radical (unpaired) electrons. The maximum absolute atomic E-state index is 13.3. The van der Waals surface area contributed by atoms with E-state index in [1.165, 1.54) is 12.1 Å². The Balaban J connectivity index is 1.79. The quantitative estimate of drug-likeness (QED) is 0.208. The number of nitrogens with one attached hydrogen (secondary N) is 3. The van der Waals surface area contributed by atoms with Crippen molar-refractivity contribution in [1.29, 1.82) is 0 Å². The first kappa shape index (κ1) is 33.4. The van der Waals surface area contributed by atoms with Gasteiger partial charge in [-0.3, -0.25) is 14.6 Å². The van der Waals surface area contributed by atoms with Crippen molar-refractivity contribution in [2.24, 2.45) is 16.3 Å². The highest BCUT2D eigenvalue weighted by atomic mass is 79.9. The van der Waals surface area contributed by atoms with Crippen LogP contribution in [-0.2, 0) is 15.0 Å². The van der Waals surface area contributed by atoms with Gasteiger partial charge in [0.15, 0.2) is 5.96 Å². The van der Waals surface area contributed by atoms with Gasteiger partial charge in [-0.1, -0.05) is 63.5 Å². The topological polar surface area (TPSA) is 164 Å². The average molecular weight is 648 g/mol. The van der Waals surface area contributed by atoms with Crippen molar-refractivity contribution in [2.75, 3.05) is 18.4 Å². The number of hydrogen-bond donors (Lipinski definition) is 7. The summed E-state index contributed by atoms with van der Waals surface area (Å²) >= 11 is 3.56. The Hall–Kier alpha value is -3.15. The predicted octanol–water partition coefficient (Wildman–Crippen LogP) is 4.60. The van der Waals surface area contributed by atoms with Gasteiger partial charge in [-0.2, -0.15) is 0 Å². The molecule has 3 rings (SSSR count). The van der Waals surface area contributed by atoms with E-state index in [9.17, 15) is 30.0 Å². The fourth-order valence-corrected chi connectivity index (χ4v) is 5.44. The number of carboxylic acid groups (broad SMARTS) is 1. The first-order chi connectivity index (χ1) is 19.4. The Morgan fingerprint density at radius 1 is 1.07 bits per heavy atom. The third-order valence-corrected chi connectivity index (χ3v) is 7.65. The van der Waals surface area contributed by atoms with Crippen LogP contribution in [0.1, 0.15) is 83.2 Å². The summed E-state index contributed by atoms with van der Waals surface area (Å²) < 4.78 is 0.788. The van der Waals surface area contributed by atoms with Crippen molar-refractivity contribution < 1.29 is 30.0 Å². The van der Waals surface area contributed by atoms with E-state index in [0.717, 1.165) is 10.0 Å². The summed E-state index contributed by atoms with van der Waals surface area (Å²) in [6.45, 7) is 12.3. The van der Waals surface area contributed by atoms with Crippen molar-refractivity contribution in [3.05, 3.63) is 57.6 Å². The van der Waals surface area contributed by atoms with E-state index in [1.54, 1.807) is 6.07 Å². The molecule has 1 heterocycles. The molecule has 1 aliphatic rings. The van der Waals surface area contributed by atoms with E-state index in [1.807, 2.05) is 39.0 Å². The molecule has 42 heavy (non-hydrogen) atoms. The van der Waals surface area contributed by atoms with Gasteiger partial charge >= 0.3 is 5.97 Å². The number of aliphatic carboxylic acids is 1. The van der Waals surface area contributed by atoms with Crippen molar-refractivity contribution in [3.63, 3.8) is 0 Å². The van der Waals surface area contributed by atoms with Gasteiger partial charge in [-0.25, -0.2) is 0 Å². The summed E-state index contributed by atoms with van der Waals surface area (Å²) in [5.41, 5.74) is 1.69. The van der Waals surface area contributed by atoms with Crippen LogP contribution in [-0.4, -0.2) is 57.5 Å². The number of aromatic hydroxyl groups is 1. The average Bonchev–Trinajstić information content (AvgIpc) is 2.86. The van der Waals surface area contributed by atoms with Crippen LogP contribution in [0.4, 0.5) is 5.69 Å². The number of carbonyl (C=O) groups excluding carboxylic acids is 1. The smallest absolute Gasteiger partial charge is 0.309 e. The van der Waals surface area contributed by atoms with Gasteiger partial charge < -0.3 is 36.4 Å². The number of aliphatic hydroxyl groups is 2. The summed E-state index contributed by atoms with van der Waals surface area (Å²) in [6.07, 6.45) is -1.66. The van der Waals surface area contributed by atoms with Crippen molar-refractivity contribution in [1.82, 2.24) is 10.6 Å². The van der Waals surface area contributed by atoms with E-state index in [0.29, 0.717) is 29.3 Å². The van der Waals surface area contributed by atoms with Crippen LogP contribution < -0.4 is 16.0 Å². The normalized spacial score (nSPS) is 17.8. The number of rotatable bonds is 9. The minimum atomic E-state index is -1.07. The zero-order valence-electron chi connectivity index (χ0n) is 25.0. The van der Waals surface area contributed by atoms with E-state index in [2.05, 4.69) is 57.6 Å². The molecule has 11 heteroatoms. The number of hydrogen-bond acceptors (Lipinski definition) is 8. The number of halogens is 1. The van der Waals surface area contributed by atoms with Gasteiger partial charge in [0.1, 0.15) is 5.75 Å². The van der Waals surface area contributed by atoms with Gasteiger partial charge in [-0.15, -0.1) is 0 Å². The number of aliphatic imine (C=N–C) groups is 1. The minimum Gasteiger partial charge on any atom is -0.508 e. The predicted molar refractivity (Wildman–Crippen MR) is 167 cm³/mol. The molecule has 0 saturated carbocycles. The number of guanidine groups is 1. The van der Waals surface area contributed by atoms with Crippen LogP contribution in [0.3, 0.4) is 0 Å². The Bertz CT molecular complexity index is 1320. The molecule has 0 fully saturated rings. The number of nitrogens with zero attached hydrogens (tertiary/aromatic N) is 1. The molecule has 0 spiro atoms. The summed E-state index contributed by atoms with van der Waals surface area (Å²) in [4.78, 5) is 30.0. The van der Waals surface area contributed by atoms with Crippen molar-refractivity contribution >= 4 is 39.5 Å². The second kappa shape index (κ2) is 13.4. The number of carboxylic acids is 1. The zero-order valence-corrected chi connectivity index (χ0v) is 26.6. The van der Waals surface area contributed by atoms with E-state index < -0.39 is 41.5 Å². The first-order valence-corrected chi connectivity index (χ1v) is 14.8. The van der Waals surface area contributed by atoms with Crippen LogP contribution in [0.5, 0.6) is 5.75 Å². The third-order valence-electron chi connectivity index (χ3n) is 7.19. The molecule has 2 aromatic carbocycles. The summed E-state index contributed by atoms with van der Waals surface area (Å²) in [7, 11) is 0. The lowest BCUT2D eigenvalue weighted by atomic mass is 9.73. The second-order valence-electron chi connectivity index (χ2n) is 13.0. The molecule has 2 aromatic rings. The molecule has 0 bridgehead atoms. The van der Waals surface area contributed by atoms with Gasteiger partial charge in [0.2, 0.25) is 5.91 Å². The SMILES string of the molecule is CC(C)(C)c1cc(Br)cc(C(NC(=O)CCC(O)c2cc(O)cc(NC3=NCC(O)CN3)c2)C(C(=O)O)C(C)(C)C)c1. The summed E-state index contributed by atoms with van der Waals surface area (Å²) in [6, 6.07) is 9.51. The molecule has 0 aliphatic carbocycles. The highest BCUT2D eigenvalue weighted by Crippen LogP contribution is 2.39. The molecule has 1 amide bonds. The fourth-order valence-electron chi connectivity index (χ4n) is 4.93. The number of phenols is 1. The summed E-state index contributed by atoms with van der Waals surface area (Å²) in [5, 5.41) is 49.9. The molecular formula is C31H43BrN4O6. The first-order valence-electron chi connectivity index (χ1n) is 14.0. The van der Waals surface area contributed by atoms with Gasteiger partial charge in [0.05, 0.1) is 30.7 Å². The Kier molecular flexibility index (Phi) is 10.7. The molecule has 4 unspecified atom stereocenters. The maximum atomic E-state index is 13.3. The van der Waals surface area contributed by atoms with Crippen LogP contribution in [0, 0.1) is 11.3 Å². The van der Waals surface area contributed by atoms with Crippen molar-refractivity contribution in [3.8, 4) is 5.75 Å². The van der Waals surface area contributed by atoms with Crippen LogP contribution in [0.25, 0.3) is 0 Å². The highest BCUT2D eigenvalue weighted by Gasteiger charge is 2.40. The monoisotopic (exact) mass is 646 g/mol. The maximum Gasteiger partial charge on any atom is 0.309 e. The van der Waals surface area contributed by atoms with Gasteiger partial charge in [0.25, 0.3) is 0 Å². The third kappa shape index (κ3) is 9.17. The number of aliphatic hydroxyl groups excluding tert-OH is 2. The zero-order chi connectivity index (χ0) is 31.4. The van der Waals surface area contributed by atoms with E-state index >= 15 is 0 Å². The molecule has 1 aliphatic heterocycles. The Labute approximate surface area is 255 Å². The van der Waals surface area contributed by atoms with Crippen LogP contribution in [0.2, 0.25) is 0 Å². The number of phenolic OH excluding ortho intramolecular Hbond substituents is 1. The number of amides is 1. The summed E-state index contributed by atoms with van der Waals surface area (Å²) in [5.74, 6) is -1.98. The molecule has 7 N–H and O–H groups in total. The molecule has 4 atom stereocenters. The van der Waals surface area contributed by atoms with Gasteiger partial charge in [-0.05, 0) is 58.2 Å². The standard InChI is InChI=1S/C31H43BrN4O6/c1-30(2,3)19-9-18(10-20(32)13-19)27(26(28(41)42)31(4,5)6)36-25(40)8-7-24(39)17-11-21(14-22(37)12-17)35-29-33-15-23(38)16-34-29/h9-14,23-24,26-27,37-39H,7-8,15-16H2,1-6H3,(H,36,40)(H,41,42)(H2,33,34,35). The van der Waals surface area contributed by atoms with E-state index in [4.69, 9.17) is 0 Å². The molecule has 0 aromatic heterocycles. The van der Waals surface area contributed by atoms with Crippen molar-refractivity contribution in [2.45, 2.75) is 78.0 Å². The van der Waals surface area contributed by atoms with Gasteiger partial charge in [0, 0.05) is 29.2 Å². The molecule has 10 nitrogen and oxygen atoms in total. The minimum absolute atomic E-state index is 0.0474. The number of carbonyl (C=O) groups is 2. The second-order valence-corrected chi connectivity index (χ2v) is 13.9. The lowest BCUT2D eigenvalue weighted by Crippen LogP contribution is -2.43. The molecule has 230 valence electrons. The number of benzene rings is 2. The van der Waals surface area contributed by atoms with E-state index in [-0.39, 0.29) is 30.6 Å². The van der Waals surface area contributed by atoms with Crippen LogP contribution in [0.15, 0.2) is 45.9 Å². The Morgan fingerprint density at radius 3 is 2.33 bits per heavy atom. The lowest BCUT2D eigenvalue weighted by Gasteiger charge is -2.35. The Morgan fingerprint density at radius 2 is 1.76 bits per heavy atom. The number of anilines is 1. The number of β-amino-alcohol motifs (C(OH)–C–C–N with tert-alkyl or cyclic N) is 1. The highest BCUT2D eigenvalue weighted by molar-refractivity contribution is 9.10. The fraction of sp³-hybridized carbons (Fsp3) is 0.516.